The average Bonchev–Trinajstić information content (AvgIpc) is 3.07. The Morgan fingerprint density at radius 3 is 2.74 bits per heavy atom. The number of hydrogen-bond donors (Lipinski definition) is 2. The Labute approximate surface area is 136 Å². The van der Waals surface area contributed by atoms with E-state index in [2.05, 4.69) is 84.0 Å². The minimum Gasteiger partial charge on any atom is -0.361 e. The predicted molar refractivity (Wildman–Crippen MR) is 97.5 cm³/mol. The molecule has 0 spiro atoms. The zero-order valence-electron chi connectivity index (χ0n) is 13.2. The maximum absolute atomic E-state index is 3.65. The molecule has 0 unspecified atom stereocenters. The normalized spacial score (nSPS) is 12.7. The first-order valence-electron chi connectivity index (χ1n) is 8.08. The van der Waals surface area contributed by atoms with Gasteiger partial charge in [0.05, 0.1) is 0 Å². The molecule has 1 aromatic heterocycles. The molecule has 0 saturated heterocycles. The van der Waals surface area contributed by atoms with Crippen molar-refractivity contribution in [2.75, 3.05) is 0 Å². The van der Waals surface area contributed by atoms with Crippen LogP contribution in [0, 0.1) is 0 Å². The van der Waals surface area contributed by atoms with Gasteiger partial charge in [0.25, 0.3) is 0 Å². The van der Waals surface area contributed by atoms with Gasteiger partial charge in [0.1, 0.15) is 0 Å². The number of nitrogens with one attached hydrogen (secondary N) is 2. The molecule has 0 aliphatic carbocycles. The lowest BCUT2D eigenvalue weighted by atomic mass is 9.99. The molecule has 0 bridgehead atoms. The van der Waals surface area contributed by atoms with Gasteiger partial charge in [0, 0.05) is 24.3 Å². The van der Waals surface area contributed by atoms with Gasteiger partial charge in [-0.1, -0.05) is 48.5 Å². The lowest BCUT2D eigenvalue weighted by molar-refractivity contribution is 0.578. The maximum Gasteiger partial charge on any atom is 0.0454 e. The van der Waals surface area contributed by atoms with Crippen LogP contribution in [0.4, 0.5) is 0 Å². The van der Waals surface area contributed by atoms with Crippen LogP contribution in [0.15, 0.2) is 72.9 Å². The molecule has 0 fully saturated rings. The molecule has 1 heterocycles. The SMILES string of the molecule is C[C@@H](NCc1ccc2[nH]ccc2c1)c1cccc2ccccc12. The van der Waals surface area contributed by atoms with Crippen molar-refractivity contribution in [2.24, 2.45) is 0 Å². The number of fused-ring (bicyclic) bond motifs is 2. The second-order valence-electron chi connectivity index (χ2n) is 6.07. The number of aromatic amines is 1. The zero-order chi connectivity index (χ0) is 15.6. The van der Waals surface area contributed by atoms with Crippen LogP contribution in [-0.4, -0.2) is 4.98 Å². The van der Waals surface area contributed by atoms with Crippen LogP contribution in [-0.2, 0) is 6.54 Å². The molecule has 4 rings (SSSR count). The van der Waals surface area contributed by atoms with Crippen LogP contribution >= 0.6 is 0 Å². The fourth-order valence-corrected chi connectivity index (χ4v) is 3.22. The second kappa shape index (κ2) is 5.90. The molecule has 0 aliphatic rings. The largest absolute Gasteiger partial charge is 0.361 e. The predicted octanol–water partition coefficient (Wildman–Crippen LogP) is 5.17. The van der Waals surface area contributed by atoms with Crippen molar-refractivity contribution >= 4 is 21.7 Å². The number of aromatic nitrogens is 1. The zero-order valence-corrected chi connectivity index (χ0v) is 13.2. The van der Waals surface area contributed by atoms with Gasteiger partial charge in [-0.25, -0.2) is 0 Å². The highest BCUT2D eigenvalue weighted by atomic mass is 14.9. The Hall–Kier alpha value is -2.58. The van der Waals surface area contributed by atoms with Crippen molar-refractivity contribution in [3.63, 3.8) is 0 Å². The molecule has 1 atom stereocenters. The highest BCUT2D eigenvalue weighted by Gasteiger charge is 2.08. The van der Waals surface area contributed by atoms with E-state index in [1.807, 2.05) is 6.20 Å². The summed E-state index contributed by atoms with van der Waals surface area (Å²) in [6.07, 6.45) is 1.99. The van der Waals surface area contributed by atoms with Crippen molar-refractivity contribution in [2.45, 2.75) is 19.5 Å². The van der Waals surface area contributed by atoms with Gasteiger partial charge in [0.2, 0.25) is 0 Å². The van der Waals surface area contributed by atoms with Gasteiger partial charge in [-0.3, -0.25) is 0 Å². The Morgan fingerprint density at radius 1 is 0.913 bits per heavy atom. The molecular weight excluding hydrogens is 280 g/mol. The van der Waals surface area contributed by atoms with Crippen molar-refractivity contribution < 1.29 is 0 Å². The van der Waals surface area contributed by atoms with E-state index in [0.29, 0.717) is 6.04 Å². The highest BCUT2D eigenvalue weighted by molar-refractivity contribution is 5.86. The standard InChI is InChI=1S/C21H20N2/c1-15(19-8-4-6-17-5-2-3-7-20(17)19)23-14-16-9-10-21-18(13-16)11-12-22-21/h2-13,15,22-23H,14H2,1H3/t15-/m1/s1. The van der Waals surface area contributed by atoms with Crippen LogP contribution in [0.5, 0.6) is 0 Å². The number of benzene rings is 3. The fraction of sp³-hybridized carbons (Fsp3) is 0.143. The third-order valence-corrected chi connectivity index (χ3v) is 4.52. The van der Waals surface area contributed by atoms with E-state index < -0.39 is 0 Å². The summed E-state index contributed by atoms with van der Waals surface area (Å²) in [5, 5.41) is 7.55. The smallest absolute Gasteiger partial charge is 0.0454 e. The second-order valence-corrected chi connectivity index (χ2v) is 6.07. The third-order valence-electron chi connectivity index (χ3n) is 4.52. The van der Waals surface area contributed by atoms with E-state index in [9.17, 15) is 0 Å². The molecule has 0 radical (unpaired) electrons. The van der Waals surface area contributed by atoms with E-state index in [4.69, 9.17) is 0 Å². The molecule has 2 heteroatoms. The molecule has 3 aromatic carbocycles. The van der Waals surface area contributed by atoms with Crippen molar-refractivity contribution in [3.05, 3.63) is 84.1 Å². The van der Waals surface area contributed by atoms with Gasteiger partial charge < -0.3 is 10.3 Å². The fourth-order valence-electron chi connectivity index (χ4n) is 3.22. The monoisotopic (exact) mass is 300 g/mol. The van der Waals surface area contributed by atoms with Crippen molar-refractivity contribution in [1.82, 2.24) is 10.3 Å². The van der Waals surface area contributed by atoms with Gasteiger partial charge in [-0.15, -0.1) is 0 Å². The molecule has 114 valence electrons. The molecule has 2 nitrogen and oxygen atoms in total. The Morgan fingerprint density at radius 2 is 1.78 bits per heavy atom. The summed E-state index contributed by atoms with van der Waals surface area (Å²) in [6.45, 7) is 3.10. The molecule has 0 amide bonds. The van der Waals surface area contributed by atoms with Gasteiger partial charge in [-0.05, 0) is 52.4 Å². The highest BCUT2D eigenvalue weighted by Crippen LogP contribution is 2.24. The molecule has 23 heavy (non-hydrogen) atoms. The summed E-state index contributed by atoms with van der Waals surface area (Å²) in [5.74, 6) is 0. The number of hydrogen-bond acceptors (Lipinski definition) is 1. The lowest BCUT2D eigenvalue weighted by Crippen LogP contribution is -2.18. The van der Waals surface area contributed by atoms with Crippen LogP contribution < -0.4 is 5.32 Å². The van der Waals surface area contributed by atoms with Gasteiger partial charge in [-0.2, -0.15) is 0 Å². The molecule has 0 aliphatic heterocycles. The molecule has 4 aromatic rings. The Bertz CT molecular complexity index is 947. The summed E-state index contributed by atoms with van der Waals surface area (Å²) >= 11 is 0. The van der Waals surface area contributed by atoms with E-state index in [1.165, 1.54) is 32.8 Å². The van der Waals surface area contributed by atoms with Gasteiger partial charge in [0.15, 0.2) is 0 Å². The van der Waals surface area contributed by atoms with Crippen molar-refractivity contribution in [1.29, 1.82) is 0 Å². The van der Waals surface area contributed by atoms with Crippen molar-refractivity contribution in [3.8, 4) is 0 Å². The van der Waals surface area contributed by atoms with Crippen LogP contribution in [0.3, 0.4) is 0 Å². The minimum absolute atomic E-state index is 0.308. The van der Waals surface area contributed by atoms with E-state index in [1.54, 1.807) is 0 Å². The number of rotatable bonds is 4. The molecule has 0 saturated carbocycles. The number of H-pyrrole nitrogens is 1. The lowest BCUT2D eigenvalue weighted by Gasteiger charge is -2.17. The average molecular weight is 300 g/mol. The first kappa shape index (κ1) is 14.0. The summed E-state index contributed by atoms with van der Waals surface area (Å²) < 4.78 is 0. The Kier molecular flexibility index (Phi) is 3.60. The summed E-state index contributed by atoms with van der Waals surface area (Å²) in [6, 6.07) is 24.1. The third kappa shape index (κ3) is 2.73. The van der Waals surface area contributed by atoms with E-state index in [-0.39, 0.29) is 0 Å². The summed E-state index contributed by atoms with van der Waals surface area (Å²) in [7, 11) is 0. The first-order valence-corrected chi connectivity index (χ1v) is 8.08. The minimum atomic E-state index is 0.308. The first-order chi connectivity index (χ1) is 11.3. The van der Waals surface area contributed by atoms with E-state index >= 15 is 0 Å². The summed E-state index contributed by atoms with van der Waals surface area (Å²) in [5.41, 5.74) is 3.85. The topological polar surface area (TPSA) is 27.8 Å². The van der Waals surface area contributed by atoms with E-state index in [0.717, 1.165) is 6.54 Å². The summed E-state index contributed by atoms with van der Waals surface area (Å²) in [4.78, 5) is 3.24. The van der Waals surface area contributed by atoms with Crippen LogP contribution in [0.1, 0.15) is 24.1 Å². The Balaban J connectivity index is 1.55. The van der Waals surface area contributed by atoms with Gasteiger partial charge >= 0.3 is 0 Å². The quantitative estimate of drug-likeness (QED) is 0.534. The molecule has 2 N–H and O–H groups in total. The van der Waals surface area contributed by atoms with Crippen LogP contribution in [0.2, 0.25) is 0 Å². The maximum atomic E-state index is 3.65. The molecular formula is C21H20N2. The van der Waals surface area contributed by atoms with Crippen LogP contribution in [0.25, 0.3) is 21.7 Å².